The standard InChI is InChI=1S/C15H15F3N8/c1-10-19-5-4-11(20-10)24-6-8-25(9-7-24)13-3-2-12-21-22-14(15(16,17)18)26(12)23-13/h2-5H,6-9H2,1H3. The molecule has 3 aromatic rings. The van der Waals surface area contributed by atoms with E-state index in [1.165, 1.54) is 6.07 Å². The van der Waals surface area contributed by atoms with Crippen LogP contribution in [-0.2, 0) is 6.18 Å². The van der Waals surface area contributed by atoms with E-state index in [9.17, 15) is 13.2 Å². The average Bonchev–Trinajstić information content (AvgIpc) is 3.05. The van der Waals surface area contributed by atoms with Crippen molar-refractivity contribution in [2.24, 2.45) is 0 Å². The lowest BCUT2D eigenvalue weighted by Gasteiger charge is -2.35. The van der Waals surface area contributed by atoms with Crippen molar-refractivity contribution in [1.82, 2.24) is 29.8 Å². The predicted molar refractivity (Wildman–Crippen MR) is 87.0 cm³/mol. The van der Waals surface area contributed by atoms with Crippen molar-refractivity contribution in [2.45, 2.75) is 13.1 Å². The molecule has 1 aliphatic heterocycles. The molecule has 0 bridgehead atoms. The number of rotatable bonds is 2. The van der Waals surface area contributed by atoms with Gasteiger partial charge in [-0.3, -0.25) is 0 Å². The van der Waals surface area contributed by atoms with Gasteiger partial charge in [0.25, 0.3) is 5.82 Å². The molecule has 8 nitrogen and oxygen atoms in total. The van der Waals surface area contributed by atoms with E-state index in [-0.39, 0.29) is 5.65 Å². The van der Waals surface area contributed by atoms with Gasteiger partial charge in [-0.25, -0.2) is 9.97 Å². The molecule has 0 aliphatic carbocycles. The van der Waals surface area contributed by atoms with Crippen LogP contribution in [0.15, 0.2) is 24.4 Å². The zero-order chi connectivity index (χ0) is 18.3. The van der Waals surface area contributed by atoms with Crippen molar-refractivity contribution in [3.63, 3.8) is 0 Å². The number of halogens is 3. The van der Waals surface area contributed by atoms with Gasteiger partial charge in [0.15, 0.2) is 5.65 Å². The third kappa shape index (κ3) is 3.00. The van der Waals surface area contributed by atoms with Crippen molar-refractivity contribution in [2.75, 3.05) is 36.0 Å². The van der Waals surface area contributed by atoms with Crippen molar-refractivity contribution in [3.05, 3.63) is 36.0 Å². The maximum atomic E-state index is 13.0. The quantitative estimate of drug-likeness (QED) is 0.683. The summed E-state index contributed by atoms with van der Waals surface area (Å²) in [6, 6.07) is 5.00. The molecule has 0 atom stereocenters. The molecule has 1 fully saturated rings. The number of aryl methyl sites for hydroxylation is 1. The molecule has 0 spiro atoms. The molecule has 0 N–H and O–H groups in total. The van der Waals surface area contributed by atoms with Crippen molar-refractivity contribution in [1.29, 1.82) is 0 Å². The molecule has 11 heteroatoms. The zero-order valence-electron chi connectivity index (χ0n) is 13.8. The molecule has 4 heterocycles. The summed E-state index contributed by atoms with van der Waals surface area (Å²) in [5, 5.41) is 10.8. The maximum absolute atomic E-state index is 13.0. The number of aromatic nitrogens is 6. The Labute approximate surface area is 146 Å². The van der Waals surface area contributed by atoms with Gasteiger partial charge in [-0.2, -0.15) is 17.7 Å². The molecule has 0 aromatic carbocycles. The fraction of sp³-hybridized carbons (Fsp3) is 0.400. The summed E-state index contributed by atoms with van der Waals surface area (Å²) >= 11 is 0. The van der Waals surface area contributed by atoms with Gasteiger partial charge in [-0.15, -0.1) is 15.3 Å². The number of alkyl halides is 3. The highest BCUT2D eigenvalue weighted by Crippen LogP contribution is 2.28. The molecule has 1 aliphatic rings. The lowest BCUT2D eigenvalue weighted by atomic mass is 10.3. The van der Waals surface area contributed by atoms with E-state index in [1.807, 2.05) is 17.9 Å². The fourth-order valence-corrected chi connectivity index (χ4v) is 2.91. The molecule has 0 radical (unpaired) electrons. The van der Waals surface area contributed by atoms with Crippen molar-refractivity contribution in [3.8, 4) is 0 Å². The van der Waals surface area contributed by atoms with Crippen LogP contribution in [0.1, 0.15) is 11.6 Å². The Bertz CT molecular complexity index is 930. The smallest absolute Gasteiger partial charge is 0.353 e. The largest absolute Gasteiger partial charge is 0.453 e. The number of fused-ring (bicyclic) bond motifs is 1. The van der Waals surface area contributed by atoms with Crippen LogP contribution < -0.4 is 9.80 Å². The Morgan fingerprint density at radius 2 is 1.62 bits per heavy atom. The minimum atomic E-state index is -4.60. The first-order chi connectivity index (χ1) is 12.4. The molecule has 4 rings (SSSR count). The lowest BCUT2D eigenvalue weighted by molar-refractivity contribution is -0.146. The normalized spacial score (nSPS) is 15.7. The van der Waals surface area contributed by atoms with E-state index >= 15 is 0 Å². The average molecular weight is 364 g/mol. The first kappa shape index (κ1) is 16.5. The molecule has 0 unspecified atom stereocenters. The van der Waals surface area contributed by atoms with Crippen LogP contribution >= 0.6 is 0 Å². The lowest BCUT2D eigenvalue weighted by Crippen LogP contribution is -2.47. The van der Waals surface area contributed by atoms with E-state index in [0.29, 0.717) is 37.8 Å². The zero-order valence-corrected chi connectivity index (χ0v) is 13.8. The summed E-state index contributed by atoms with van der Waals surface area (Å²) < 4.78 is 39.7. The summed E-state index contributed by atoms with van der Waals surface area (Å²) in [6.07, 6.45) is -2.89. The van der Waals surface area contributed by atoms with E-state index in [4.69, 9.17) is 0 Å². The van der Waals surface area contributed by atoms with Gasteiger partial charge in [0.2, 0.25) is 0 Å². The topological polar surface area (TPSA) is 75.3 Å². The summed E-state index contributed by atoms with van der Waals surface area (Å²) in [4.78, 5) is 12.5. The van der Waals surface area contributed by atoms with Gasteiger partial charge < -0.3 is 9.80 Å². The number of nitrogens with zero attached hydrogens (tertiary/aromatic N) is 8. The Morgan fingerprint density at radius 1 is 0.923 bits per heavy atom. The Morgan fingerprint density at radius 3 is 2.27 bits per heavy atom. The number of piperazine rings is 1. The maximum Gasteiger partial charge on any atom is 0.453 e. The van der Waals surface area contributed by atoms with Crippen LogP contribution in [0.25, 0.3) is 5.65 Å². The van der Waals surface area contributed by atoms with E-state index < -0.39 is 12.0 Å². The van der Waals surface area contributed by atoms with Crippen LogP contribution in [0.5, 0.6) is 0 Å². The van der Waals surface area contributed by atoms with Gasteiger partial charge in [0.1, 0.15) is 17.5 Å². The summed E-state index contributed by atoms with van der Waals surface area (Å²) in [6.45, 7) is 4.43. The van der Waals surface area contributed by atoms with Crippen LogP contribution in [0, 0.1) is 6.92 Å². The highest BCUT2D eigenvalue weighted by molar-refractivity contribution is 5.48. The molecule has 1 saturated heterocycles. The number of hydrogen-bond acceptors (Lipinski definition) is 7. The molecule has 0 amide bonds. The second-order valence-corrected chi connectivity index (χ2v) is 5.92. The Hall–Kier alpha value is -2.98. The SMILES string of the molecule is Cc1nccc(N2CCN(c3ccc4nnc(C(F)(F)F)n4n3)CC2)n1. The Balaban J connectivity index is 1.54. The Kier molecular flexibility index (Phi) is 3.85. The fourth-order valence-electron chi connectivity index (χ4n) is 2.91. The van der Waals surface area contributed by atoms with Crippen molar-refractivity contribution < 1.29 is 13.2 Å². The highest BCUT2D eigenvalue weighted by atomic mass is 19.4. The second-order valence-electron chi connectivity index (χ2n) is 5.92. The number of hydrogen-bond donors (Lipinski definition) is 0. The van der Waals surface area contributed by atoms with Gasteiger partial charge >= 0.3 is 6.18 Å². The molecule has 0 saturated carbocycles. The molecule has 3 aromatic heterocycles. The van der Waals surface area contributed by atoms with Gasteiger partial charge in [0.05, 0.1) is 0 Å². The number of anilines is 2. The minimum absolute atomic E-state index is 0.0659. The van der Waals surface area contributed by atoms with Gasteiger partial charge in [-0.05, 0) is 25.1 Å². The molecular weight excluding hydrogens is 349 g/mol. The highest BCUT2D eigenvalue weighted by Gasteiger charge is 2.37. The third-order valence-corrected chi connectivity index (χ3v) is 4.19. The van der Waals surface area contributed by atoms with Gasteiger partial charge in [-0.1, -0.05) is 0 Å². The van der Waals surface area contributed by atoms with E-state index in [0.717, 1.165) is 10.3 Å². The van der Waals surface area contributed by atoms with Crippen LogP contribution in [0.4, 0.5) is 24.8 Å². The third-order valence-electron chi connectivity index (χ3n) is 4.19. The molecule has 26 heavy (non-hydrogen) atoms. The minimum Gasteiger partial charge on any atom is -0.353 e. The van der Waals surface area contributed by atoms with E-state index in [2.05, 4.69) is 30.2 Å². The monoisotopic (exact) mass is 364 g/mol. The predicted octanol–water partition coefficient (Wildman–Crippen LogP) is 1.57. The molecular formula is C15H15F3N8. The summed E-state index contributed by atoms with van der Waals surface area (Å²) in [5.41, 5.74) is 0.0659. The van der Waals surface area contributed by atoms with E-state index in [1.54, 1.807) is 12.3 Å². The molecule has 136 valence electrons. The first-order valence-corrected chi connectivity index (χ1v) is 8.01. The van der Waals surface area contributed by atoms with Crippen molar-refractivity contribution >= 4 is 17.3 Å². The van der Waals surface area contributed by atoms with Crippen LogP contribution in [0.3, 0.4) is 0 Å². The summed E-state index contributed by atoms with van der Waals surface area (Å²) in [5.74, 6) is 0.883. The second kappa shape index (κ2) is 6.07. The first-order valence-electron chi connectivity index (χ1n) is 8.01. The summed E-state index contributed by atoms with van der Waals surface area (Å²) in [7, 11) is 0. The van der Waals surface area contributed by atoms with Gasteiger partial charge in [0, 0.05) is 32.4 Å². The van der Waals surface area contributed by atoms with Crippen LogP contribution in [0.2, 0.25) is 0 Å². The van der Waals surface area contributed by atoms with Crippen LogP contribution in [-0.4, -0.2) is 56.0 Å².